The van der Waals surface area contributed by atoms with E-state index in [-0.39, 0.29) is 5.38 Å². The standard InChI is InChI=1S/C22H26ClNO3/c1-17(21(25)27-19-10-6-3-7-11-19)22(26)12-14-24(15-13-22)16-20(23)18-8-4-2-5-9-18/h2-11,17,20,26H,12-16H2,1H3. The van der Waals surface area contributed by atoms with Gasteiger partial charge in [-0.2, -0.15) is 0 Å². The van der Waals surface area contributed by atoms with E-state index in [9.17, 15) is 9.90 Å². The highest BCUT2D eigenvalue weighted by Crippen LogP contribution is 2.32. The number of likely N-dealkylation sites (tertiary alicyclic amines) is 1. The number of aliphatic hydroxyl groups is 1. The number of ether oxygens (including phenoxy) is 1. The molecule has 1 aliphatic rings. The second-order valence-corrected chi connectivity index (χ2v) is 7.77. The van der Waals surface area contributed by atoms with E-state index in [0.29, 0.717) is 31.7 Å². The van der Waals surface area contributed by atoms with Gasteiger partial charge in [0.2, 0.25) is 0 Å². The first-order valence-electron chi connectivity index (χ1n) is 9.38. The molecule has 0 aliphatic carbocycles. The molecule has 2 aromatic rings. The van der Waals surface area contributed by atoms with Crippen molar-refractivity contribution in [1.29, 1.82) is 0 Å². The predicted molar refractivity (Wildman–Crippen MR) is 107 cm³/mol. The van der Waals surface area contributed by atoms with Crippen LogP contribution in [0.25, 0.3) is 0 Å². The van der Waals surface area contributed by atoms with E-state index in [4.69, 9.17) is 16.3 Å². The Kier molecular flexibility index (Phi) is 6.53. The lowest BCUT2D eigenvalue weighted by Crippen LogP contribution is -2.51. The summed E-state index contributed by atoms with van der Waals surface area (Å²) in [6.07, 6.45) is 1.05. The minimum absolute atomic E-state index is 0.0853. The molecule has 1 N–H and O–H groups in total. The first-order chi connectivity index (χ1) is 13.0. The van der Waals surface area contributed by atoms with Crippen LogP contribution >= 0.6 is 11.6 Å². The molecule has 144 valence electrons. The Balaban J connectivity index is 1.52. The molecule has 0 aromatic heterocycles. The maximum atomic E-state index is 12.4. The fourth-order valence-electron chi connectivity index (χ4n) is 3.46. The summed E-state index contributed by atoms with van der Waals surface area (Å²) in [5.74, 6) is -0.472. The van der Waals surface area contributed by atoms with E-state index in [0.717, 1.165) is 12.1 Å². The van der Waals surface area contributed by atoms with Crippen molar-refractivity contribution < 1.29 is 14.6 Å². The maximum Gasteiger partial charge on any atom is 0.316 e. The summed E-state index contributed by atoms with van der Waals surface area (Å²) in [7, 11) is 0. The van der Waals surface area contributed by atoms with Crippen molar-refractivity contribution >= 4 is 17.6 Å². The lowest BCUT2D eigenvalue weighted by molar-refractivity contribution is -0.151. The van der Waals surface area contributed by atoms with E-state index < -0.39 is 17.5 Å². The summed E-state index contributed by atoms with van der Waals surface area (Å²) < 4.78 is 5.41. The molecule has 1 heterocycles. The maximum absolute atomic E-state index is 12.4. The molecule has 2 unspecified atom stereocenters. The second kappa shape index (κ2) is 8.87. The van der Waals surface area contributed by atoms with Crippen molar-refractivity contribution in [2.45, 2.75) is 30.7 Å². The number of halogens is 1. The zero-order valence-electron chi connectivity index (χ0n) is 15.6. The highest BCUT2D eigenvalue weighted by molar-refractivity contribution is 6.21. The zero-order valence-corrected chi connectivity index (χ0v) is 16.3. The fourth-order valence-corrected chi connectivity index (χ4v) is 3.80. The van der Waals surface area contributed by atoms with E-state index in [1.807, 2.05) is 48.5 Å². The van der Waals surface area contributed by atoms with Gasteiger partial charge < -0.3 is 14.7 Å². The fraction of sp³-hybridized carbons (Fsp3) is 0.409. The van der Waals surface area contributed by atoms with Crippen LogP contribution in [0.2, 0.25) is 0 Å². The molecule has 2 atom stereocenters. The molecular weight excluding hydrogens is 362 g/mol. The Labute approximate surface area is 165 Å². The van der Waals surface area contributed by atoms with Crippen LogP contribution in [-0.2, 0) is 4.79 Å². The van der Waals surface area contributed by atoms with Crippen molar-refractivity contribution in [2.24, 2.45) is 5.92 Å². The molecule has 5 heteroatoms. The number of carbonyl (C=O) groups excluding carboxylic acids is 1. The van der Waals surface area contributed by atoms with Crippen LogP contribution in [0.1, 0.15) is 30.7 Å². The van der Waals surface area contributed by atoms with E-state index >= 15 is 0 Å². The summed E-state index contributed by atoms with van der Waals surface area (Å²) in [4.78, 5) is 14.7. The zero-order chi connectivity index (χ0) is 19.3. The van der Waals surface area contributed by atoms with Gasteiger partial charge in [0.25, 0.3) is 0 Å². The minimum atomic E-state index is -1.04. The van der Waals surface area contributed by atoms with Gasteiger partial charge in [-0.05, 0) is 37.5 Å². The minimum Gasteiger partial charge on any atom is -0.426 e. The van der Waals surface area contributed by atoms with Crippen molar-refractivity contribution in [3.63, 3.8) is 0 Å². The molecule has 0 bridgehead atoms. The molecule has 3 rings (SSSR count). The van der Waals surface area contributed by atoms with E-state index in [1.165, 1.54) is 0 Å². The van der Waals surface area contributed by atoms with Gasteiger partial charge in [0.05, 0.1) is 16.9 Å². The molecule has 1 aliphatic heterocycles. The Hall–Kier alpha value is -1.88. The monoisotopic (exact) mass is 387 g/mol. The van der Waals surface area contributed by atoms with E-state index in [1.54, 1.807) is 19.1 Å². The summed E-state index contributed by atoms with van der Waals surface area (Å²) in [6, 6.07) is 19.0. The molecule has 0 spiro atoms. The molecule has 27 heavy (non-hydrogen) atoms. The van der Waals surface area contributed by atoms with Crippen molar-refractivity contribution in [3.8, 4) is 5.75 Å². The summed E-state index contributed by atoms with van der Waals surface area (Å²) >= 11 is 6.54. The number of nitrogens with zero attached hydrogens (tertiary/aromatic N) is 1. The molecule has 4 nitrogen and oxygen atoms in total. The lowest BCUT2D eigenvalue weighted by Gasteiger charge is -2.41. The number of hydrogen-bond acceptors (Lipinski definition) is 4. The highest BCUT2D eigenvalue weighted by Gasteiger charge is 2.42. The van der Waals surface area contributed by atoms with Gasteiger partial charge in [-0.1, -0.05) is 48.5 Å². The smallest absolute Gasteiger partial charge is 0.316 e. The molecule has 0 amide bonds. The van der Waals surface area contributed by atoms with Gasteiger partial charge in [-0.3, -0.25) is 4.79 Å². The van der Waals surface area contributed by atoms with Crippen LogP contribution < -0.4 is 4.74 Å². The van der Waals surface area contributed by atoms with Gasteiger partial charge in [-0.25, -0.2) is 0 Å². The largest absolute Gasteiger partial charge is 0.426 e. The normalized spacial score (nSPS) is 19.2. The number of carbonyl (C=O) groups is 1. The Morgan fingerprint density at radius 3 is 2.26 bits per heavy atom. The average Bonchev–Trinajstić information content (AvgIpc) is 2.70. The van der Waals surface area contributed by atoms with Gasteiger partial charge in [0, 0.05) is 19.6 Å². The van der Waals surface area contributed by atoms with Gasteiger partial charge >= 0.3 is 5.97 Å². The number of esters is 1. The lowest BCUT2D eigenvalue weighted by atomic mass is 9.80. The Morgan fingerprint density at radius 2 is 1.67 bits per heavy atom. The third-order valence-corrected chi connectivity index (χ3v) is 5.81. The van der Waals surface area contributed by atoms with Crippen LogP contribution in [0.4, 0.5) is 0 Å². The summed E-state index contributed by atoms with van der Waals surface area (Å²) in [5, 5.41) is 10.9. The number of benzene rings is 2. The van der Waals surface area contributed by atoms with Crippen LogP contribution in [0.5, 0.6) is 5.75 Å². The van der Waals surface area contributed by atoms with Crippen LogP contribution in [0, 0.1) is 5.92 Å². The molecule has 1 fully saturated rings. The average molecular weight is 388 g/mol. The summed E-state index contributed by atoms with van der Waals surface area (Å²) in [5.41, 5.74) is 0.0523. The number of hydrogen-bond donors (Lipinski definition) is 1. The van der Waals surface area contributed by atoms with Crippen LogP contribution in [-0.4, -0.2) is 41.2 Å². The highest BCUT2D eigenvalue weighted by atomic mass is 35.5. The van der Waals surface area contributed by atoms with Crippen LogP contribution in [0.3, 0.4) is 0 Å². The van der Waals surface area contributed by atoms with Gasteiger partial charge in [0.1, 0.15) is 5.75 Å². The summed E-state index contributed by atoms with van der Waals surface area (Å²) in [6.45, 7) is 3.88. The van der Waals surface area contributed by atoms with Crippen molar-refractivity contribution in [2.75, 3.05) is 19.6 Å². The number of piperidine rings is 1. The molecule has 0 saturated carbocycles. The third-order valence-electron chi connectivity index (χ3n) is 5.42. The third kappa shape index (κ3) is 5.10. The van der Waals surface area contributed by atoms with Gasteiger partial charge in [0.15, 0.2) is 0 Å². The Bertz CT molecular complexity index is 730. The second-order valence-electron chi connectivity index (χ2n) is 7.24. The molecule has 2 aromatic carbocycles. The van der Waals surface area contributed by atoms with Gasteiger partial charge in [-0.15, -0.1) is 11.6 Å². The molecular formula is C22H26ClNO3. The quantitative estimate of drug-likeness (QED) is 0.461. The van der Waals surface area contributed by atoms with Crippen molar-refractivity contribution in [1.82, 2.24) is 4.90 Å². The molecule has 0 radical (unpaired) electrons. The number of para-hydroxylation sites is 1. The topological polar surface area (TPSA) is 49.8 Å². The predicted octanol–water partition coefficient (Wildman–Crippen LogP) is 4.04. The molecule has 1 saturated heterocycles. The van der Waals surface area contributed by atoms with Crippen LogP contribution in [0.15, 0.2) is 60.7 Å². The van der Waals surface area contributed by atoms with E-state index in [2.05, 4.69) is 4.90 Å². The number of alkyl halides is 1. The number of rotatable bonds is 6. The van der Waals surface area contributed by atoms with Crippen molar-refractivity contribution in [3.05, 3.63) is 66.2 Å². The Morgan fingerprint density at radius 1 is 1.11 bits per heavy atom. The SMILES string of the molecule is CC(C(=O)Oc1ccccc1)C1(O)CCN(CC(Cl)c2ccccc2)CC1. The first-order valence-corrected chi connectivity index (χ1v) is 9.82. The first kappa shape index (κ1) is 19.9.